The van der Waals surface area contributed by atoms with Crippen molar-refractivity contribution < 1.29 is 0 Å². The molecular formula is C13H13ClN4S. The van der Waals surface area contributed by atoms with Gasteiger partial charge >= 0.3 is 0 Å². The molecule has 0 aliphatic rings. The van der Waals surface area contributed by atoms with Crippen LogP contribution in [-0.2, 0) is 7.05 Å². The first-order chi connectivity index (χ1) is 9.11. The lowest BCUT2D eigenvalue weighted by Crippen LogP contribution is -1.98. The quantitative estimate of drug-likeness (QED) is 0.811. The normalized spacial score (nSPS) is 12.1. The van der Waals surface area contributed by atoms with Gasteiger partial charge in [0, 0.05) is 23.4 Å². The second-order valence-electron chi connectivity index (χ2n) is 4.21. The van der Waals surface area contributed by atoms with E-state index in [0.717, 1.165) is 16.5 Å². The molecule has 0 unspecified atom stereocenters. The molecule has 2 aromatic rings. The molecule has 1 atom stereocenters. The van der Waals surface area contributed by atoms with Crippen LogP contribution in [0.2, 0.25) is 5.02 Å². The summed E-state index contributed by atoms with van der Waals surface area (Å²) in [5, 5.41) is 18.6. The van der Waals surface area contributed by atoms with Gasteiger partial charge in [-0.15, -0.1) is 10.2 Å². The van der Waals surface area contributed by atoms with Crippen molar-refractivity contribution in [1.29, 1.82) is 5.26 Å². The molecule has 1 aromatic heterocycles. The van der Waals surface area contributed by atoms with Crippen LogP contribution >= 0.6 is 23.4 Å². The van der Waals surface area contributed by atoms with Gasteiger partial charge in [-0.05, 0) is 31.2 Å². The van der Waals surface area contributed by atoms with Crippen LogP contribution in [0.3, 0.4) is 0 Å². The highest BCUT2D eigenvalue weighted by Gasteiger charge is 2.12. The van der Waals surface area contributed by atoms with E-state index in [-0.39, 0.29) is 5.92 Å². The highest BCUT2D eigenvalue weighted by molar-refractivity contribution is 7.99. The summed E-state index contributed by atoms with van der Waals surface area (Å²) >= 11 is 7.41. The molecule has 0 aliphatic heterocycles. The summed E-state index contributed by atoms with van der Waals surface area (Å²) in [5.41, 5.74) is 0.972. The number of thioether (sulfide) groups is 1. The van der Waals surface area contributed by atoms with Crippen molar-refractivity contribution in [3.05, 3.63) is 29.3 Å². The Labute approximate surface area is 121 Å². The molecule has 0 spiro atoms. The highest BCUT2D eigenvalue weighted by atomic mass is 35.5. The third kappa shape index (κ3) is 3.28. The van der Waals surface area contributed by atoms with Gasteiger partial charge in [-0.1, -0.05) is 23.4 Å². The van der Waals surface area contributed by atoms with Crippen LogP contribution in [0.1, 0.15) is 6.92 Å². The minimum atomic E-state index is 0.000631. The Morgan fingerprint density at radius 2 is 2.05 bits per heavy atom. The number of nitriles is 1. The Balaban J connectivity index is 2.18. The molecule has 1 heterocycles. The number of halogens is 1. The first-order valence-electron chi connectivity index (χ1n) is 5.79. The Kier molecular flexibility index (Phi) is 4.46. The number of hydrogen-bond acceptors (Lipinski definition) is 4. The molecule has 19 heavy (non-hydrogen) atoms. The second kappa shape index (κ2) is 6.09. The van der Waals surface area contributed by atoms with Crippen LogP contribution < -0.4 is 0 Å². The van der Waals surface area contributed by atoms with Crippen molar-refractivity contribution >= 4 is 23.4 Å². The fraction of sp³-hybridized carbons (Fsp3) is 0.308. The zero-order valence-corrected chi connectivity index (χ0v) is 12.2. The topological polar surface area (TPSA) is 54.5 Å². The largest absolute Gasteiger partial charge is 0.305 e. The van der Waals surface area contributed by atoms with Crippen molar-refractivity contribution in [3.63, 3.8) is 0 Å². The molecule has 0 amide bonds. The standard InChI is InChI=1S/C13H13ClN4S/c1-9(7-15)8-19-13-17-16-12(18(13)2)10-3-5-11(14)6-4-10/h3-6,9H,8H2,1-2H3/t9-/m1/s1. The van der Waals surface area contributed by atoms with E-state index in [1.807, 2.05) is 42.8 Å². The molecular weight excluding hydrogens is 280 g/mol. The van der Waals surface area contributed by atoms with Crippen LogP contribution in [0.25, 0.3) is 11.4 Å². The van der Waals surface area contributed by atoms with Crippen LogP contribution in [0.5, 0.6) is 0 Å². The number of aromatic nitrogens is 3. The molecule has 0 N–H and O–H groups in total. The van der Waals surface area contributed by atoms with Crippen molar-refractivity contribution in [2.75, 3.05) is 5.75 Å². The molecule has 0 fully saturated rings. The van der Waals surface area contributed by atoms with E-state index in [4.69, 9.17) is 16.9 Å². The smallest absolute Gasteiger partial charge is 0.191 e. The van der Waals surface area contributed by atoms with Crippen molar-refractivity contribution in [2.24, 2.45) is 13.0 Å². The van der Waals surface area contributed by atoms with Gasteiger partial charge in [-0.25, -0.2) is 0 Å². The molecule has 1 aromatic carbocycles. The molecule has 4 nitrogen and oxygen atoms in total. The van der Waals surface area contributed by atoms with E-state index in [2.05, 4.69) is 16.3 Å². The van der Waals surface area contributed by atoms with Gasteiger partial charge in [0.25, 0.3) is 0 Å². The predicted molar refractivity (Wildman–Crippen MR) is 77.0 cm³/mol. The molecule has 0 saturated heterocycles. The van der Waals surface area contributed by atoms with Gasteiger partial charge < -0.3 is 4.57 Å². The van der Waals surface area contributed by atoms with Crippen molar-refractivity contribution in [3.8, 4) is 17.5 Å². The number of hydrogen-bond donors (Lipinski definition) is 0. The number of nitrogens with zero attached hydrogens (tertiary/aromatic N) is 4. The van der Waals surface area contributed by atoms with Gasteiger partial charge in [0.1, 0.15) is 0 Å². The van der Waals surface area contributed by atoms with Gasteiger partial charge in [0.05, 0.1) is 12.0 Å². The second-order valence-corrected chi connectivity index (χ2v) is 5.64. The third-order valence-corrected chi connectivity index (χ3v) is 4.15. The number of benzene rings is 1. The Morgan fingerprint density at radius 1 is 1.37 bits per heavy atom. The van der Waals surface area contributed by atoms with Crippen LogP contribution in [0.15, 0.2) is 29.4 Å². The SMILES string of the molecule is C[C@H](C#N)CSc1nnc(-c2ccc(Cl)cc2)n1C. The lowest BCUT2D eigenvalue weighted by molar-refractivity contribution is 0.786. The summed E-state index contributed by atoms with van der Waals surface area (Å²) in [6, 6.07) is 9.70. The van der Waals surface area contributed by atoms with E-state index in [9.17, 15) is 0 Å². The predicted octanol–water partition coefficient (Wildman–Crippen LogP) is 3.39. The van der Waals surface area contributed by atoms with Crippen molar-refractivity contribution in [1.82, 2.24) is 14.8 Å². The Bertz CT molecular complexity index is 600. The average Bonchev–Trinajstić information content (AvgIpc) is 2.78. The molecule has 0 bridgehead atoms. The van der Waals surface area contributed by atoms with Gasteiger partial charge in [-0.2, -0.15) is 5.26 Å². The maximum absolute atomic E-state index is 8.77. The molecule has 0 radical (unpaired) electrons. The minimum absolute atomic E-state index is 0.000631. The number of rotatable bonds is 4. The lowest BCUT2D eigenvalue weighted by Gasteiger charge is -2.04. The lowest BCUT2D eigenvalue weighted by atomic mass is 10.2. The Hall–Kier alpha value is -1.51. The van der Waals surface area contributed by atoms with Gasteiger partial charge in [0.2, 0.25) is 0 Å². The van der Waals surface area contributed by atoms with Gasteiger partial charge in [0.15, 0.2) is 11.0 Å². The fourth-order valence-electron chi connectivity index (χ4n) is 1.53. The van der Waals surface area contributed by atoms with E-state index < -0.39 is 0 Å². The average molecular weight is 293 g/mol. The zero-order chi connectivity index (χ0) is 13.8. The summed E-state index contributed by atoms with van der Waals surface area (Å²) in [5.74, 6) is 1.51. The summed E-state index contributed by atoms with van der Waals surface area (Å²) in [4.78, 5) is 0. The Morgan fingerprint density at radius 3 is 2.68 bits per heavy atom. The third-order valence-electron chi connectivity index (χ3n) is 2.62. The summed E-state index contributed by atoms with van der Waals surface area (Å²) in [7, 11) is 1.92. The van der Waals surface area contributed by atoms with E-state index in [0.29, 0.717) is 10.8 Å². The maximum atomic E-state index is 8.77. The zero-order valence-electron chi connectivity index (χ0n) is 10.7. The molecule has 0 saturated carbocycles. The van der Waals surface area contributed by atoms with Crippen molar-refractivity contribution in [2.45, 2.75) is 12.1 Å². The summed E-state index contributed by atoms with van der Waals surface area (Å²) < 4.78 is 1.93. The van der Waals surface area contributed by atoms with Crippen LogP contribution in [0.4, 0.5) is 0 Å². The minimum Gasteiger partial charge on any atom is -0.305 e. The highest BCUT2D eigenvalue weighted by Crippen LogP contribution is 2.24. The first kappa shape index (κ1) is 13.9. The summed E-state index contributed by atoms with van der Waals surface area (Å²) in [6.07, 6.45) is 0. The van der Waals surface area contributed by atoms with E-state index in [1.165, 1.54) is 11.8 Å². The molecule has 0 aliphatic carbocycles. The molecule has 98 valence electrons. The maximum Gasteiger partial charge on any atom is 0.191 e. The fourth-order valence-corrected chi connectivity index (χ4v) is 2.51. The van der Waals surface area contributed by atoms with Crippen LogP contribution in [-0.4, -0.2) is 20.5 Å². The molecule has 2 rings (SSSR count). The first-order valence-corrected chi connectivity index (χ1v) is 7.16. The van der Waals surface area contributed by atoms with E-state index in [1.54, 1.807) is 0 Å². The monoisotopic (exact) mass is 292 g/mol. The van der Waals surface area contributed by atoms with Crippen LogP contribution in [0, 0.1) is 17.2 Å². The molecule has 6 heteroatoms. The van der Waals surface area contributed by atoms with E-state index >= 15 is 0 Å². The summed E-state index contributed by atoms with van der Waals surface area (Å²) in [6.45, 7) is 1.89. The van der Waals surface area contributed by atoms with Gasteiger partial charge in [-0.3, -0.25) is 0 Å².